The number of rotatable bonds is 6. The summed E-state index contributed by atoms with van der Waals surface area (Å²) in [5.41, 5.74) is 2.73. The number of amides is 3. The van der Waals surface area contributed by atoms with Crippen LogP contribution in [0.15, 0.2) is 79.0 Å². The fourth-order valence-electron chi connectivity index (χ4n) is 9.54. The van der Waals surface area contributed by atoms with Gasteiger partial charge in [-0.25, -0.2) is 4.79 Å². The Morgan fingerprint density at radius 1 is 1.04 bits per heavy atom. The van der Waals surface area contributed by atoms with E-state index in [9.17, 15) is 29.1 Å². The maximum Gasteiger partial charge on any atom is 0.339 e. The van der Waals surface area contributed by atoms with E-state index in [4.69, 9.17) is 9.84 Å². The fourth-order valence-corrected chi connectivity index (χ4v) is 9.54. The van der Waals surface area contributed by atoms with Gasteiger partial charge in [0.25, 0.3) is 11.8 Å². The molecule has 292 valence electrons. The first kappa shape index (κ1) is 37.4. The highest BCUT2D eigenvalue weighted by Crippen LogP contribution is 2.47. The Hall–Kier alpha value is -5.57. The van der Waals surface area contributed by atoms with Crippen LogP contribution in [-0.2, 0) is 36.8 Å². The Kier molecular flexibility index (Phi) is 9.46. The number of likely N-dealkylation sites (N-methyl/N-ethyl adjacent to an activating group) is 1. The van der Waals surface area contributed by atoms with Crippen molar-refractivity contribution in [2.24, 2.45) is 5.92 Å². The molecule has 4 saturated heterocycles. The number of esters is 1. The Morgan fingerprint density at radius 2 is 1.79 bits per heavy atom. The molecule has 9 rings (SSSR count). The second-order valence-corrected chi connectivity index (χ2v) is 15.6. The van der Waals surface area contributed by atoms with Crippen LogP contribution < -0.4 is 10.1 Å². The summed E-state index contributed by atoms with van der Waals surface area (Å²) >= 11 is 0. The normalized spacial score (nSPS) is 29.2. The lowest BCUT2D eigenvalue weighted by Crippen LogP contribution is -2.71. The van der Waals surface area contributed by atoms with E-state index in [-0.39, 0.29) is 47.4 Å². The predicted octanol–water partition coefficient (Wildman–Crippen LogP) is 3.39. The van der Waals surface area contributed by atoms with Crippen molar-refractivity contribution in [3.63, 3.8) is 0 Å². The summed E-state index contributed by atoms with van der Waals surface area (Å²) in [5, 5.41) is 24.9. The molecule has 0 bridgehead atoms. The lowest BCUT2D eigenvalue weighted by molar-refractivity contribution is -0.315. The van der Waals surface area contributed by atoms with Crippen molar-refractivity contribution in [1.82, 2.24) is 25.0 Å². The quantitative estimate of drug-likeness (QED) is 0.168. The number of carboxylic acids is 1. The number of aromatic amines is 1. The highest BCUT2D eigenvalue weighted by molar-refractivity contribution is 5.97. The van der Waals surface area contributed by atoms with Gasteiger partial charge in [-0.1, -0.05) is 54.6 Å². The lowest BCUT2D eigenvalue weighted by Gasteiger charge is -2.48. The molecular formula is C42H45N5O9. The molecule has 4 N–H and O–H groups in total. The minimum atomic E-state index is -2.03. The van der Waals surface area contributed by atoms with Crippen LogP contribution in [0.2, 0.25) is 0 Å². The number of para-hydroxylation sites is 1. The van der Waals surface area contributed by atoms with E-state index in [0.717, 1.165) is 17.5 Å². The molecule has 3 amide bonds. The van der Waals surface area contributed by atoms with E-state index in [0.29, 0.717) is 32.4 Å². The number of nitrogens with one attached hydrogen (secondary N) is 2. The topological polar surface area (TPSA) is 182 Å². The van der Waals surface area contributed by atoms with Crippen molar-refractivity contribution in [3.8, 4) is 5.75 Å². The average Bonchev–Trinajstić information content (AvgIpc) is 3.88. The number of H-pyrrole nitrogens is 1. The number of likely N-dealkylation sites (tertiary alicyclic amines) is 1. The highest BCUT2D eigenvalue weighted by atomic mass is 16.7. The number of aliphatic hydroxyl groups is 1. The largest absolute Gasteiger partial charge is 0.478 e. The number of piperidine rings is 1. The molecule has 0 radical (unpaired) electrons. The molecule has 14 heteroatoms. The number of carbonyl (C=O) groups excluding carboxylic acids is 4. The summed E-state index contributed by atoms with van der Waals surface area (Å²) in [4.78, 5) is 71.6. The van der Waals surface area contributed by atoms with E-state index >= 15 is 0 Å². The zero-order chi connectivity index (χ0) is 39.5. The van der Waals surface area contributed by atoms with E-state index in [1.807, 2.05) is 30.3 Å². The molecule has 3 aromatic carbocycles. The number of aromatic carboxylic acids is 1. The molecular weight excluding hydrogens is 718 g/mol. The van der Waals surface area contributed by atoms with E-state index in [2.05, 4.69) is 51.4 Å². The Labute approximate surface area is 323 Å². The molecule has 7 atom stereocenters. The molecule has 1 aromatic heterocycles. The minimum absolute atomic E-state index is 0.0160. The molecule has 1 aliphatic carbocycles. The number of carboxylic acid groups (broad SMARTS) is 1. The van der Waals surface area contributed by atoms with Gasteiger partial charge in [0, 0.05) is 55.5 Å². The first-order valence-electron chi connectivity index (χ1n) is 19.0. The maximum absolute atomic E-state index is 14.2. The van der Waals surface area contributed by atoms with Crippen LogP contribution in [0.25, 0.3) is 10.9 Å². The summed E-state index contributed by atoms with van der Waals surface area (Å²) in [6.45, 7) is 3.78. The van der Waals surface area contributed by atoms with Crippen LogP contribution in [0, 0.1) is 5.92 Å². The molecule has 5 heterocycles. The van der Waals surface area contributed by atoms with Gasteiger partial charge < -0.3 is 35.1 Å². The summed E-state index contributed by atoms with van der Waals surface area (Å²) in [7, 11) is 2.06. The van der Waals surface area contributed by atoms with Gasteiger partial charge in [0.05, 0.1) is 5.92 Å². The summed E-state index contributed by atoms with van der Waals surface area (Å²) in [5.74, 6) is -4.89. The Bertz CT molecular complexity index is 2230. The molecule has 0 unspecified atom stereocenters. The number of carbonyl (C=O) groups is 5. The van der Waals surface area contributed by atoms with Crippen molar-refractivity contribution in [2.45, 2.75) is 81.6 Å². The second kappa shape index (κ2) is 14.2. The van der Waals surface area contributed by atoms with Crippen molar-refractivity contribution in [3.05, 3.63) is 101 Å². The van der Waals surface area contributed by atoms with Gasteiger partial charge in [-0.2, -0.15) is 0 Å². The van der Waals surface area contributed by atoms with Crippen LogP contribution >= 0.6 is 0 Å². The second-order valence-electron chi connectivity index (χ2n) is 15.6. The first-order valence-corrected chi connectivity index (χ1v) is 19.0. The maximum atomic E-state index is 14.2. The van der Waals surface area contributed by atoms with E-state index < -0.39 is 41.6 Å². The van der Waals surface area contributed by atoms with E-state index in [1.54, 1.807) is 17.0 Å². The van der Waals surface area contributed by atoms with Crippen LogP contribution in [0.1, 0.15) is 66.1 Å². The van der Waals surface area contributed by atoms with Crippen LogP contribution in [-0.4, -0.2) is 109 Å². The van der Waals surface area contributed by atoms with Gasteiger partial charge in [0.1, 0.15) is 23.4 Å². The number of ether oxygens (including phenoxy) is 2. The number of fused-ring (bicyclic) bond motifs is 5. The zero-order valence-corrected chi connectivity index (χ0v) is 31.4. The van der Waals surface area contributed by atoms with Gasteiger partial charge in [-0.3, -0.25) is 28.8 Å². The van der Waals surface area contributed by atoms with Gasteiger partial charge in [0.2, 0.25) is 17.5 Å². The smallest absolute Gasteiger partial charge is 0.339 e. The van der Waals surface area contributed by atoms with Crippen molar-refractivity contribution < 1.29 is 43.7 Å². The summed E-state index contributed by atoms with van der Waals surface area (Å²) in [6.07, 6.45) is 5.13. The zero-order valence-electron chi connectivity index (χ0n) is 31.4. The molecule has 56 heavy (non-hydrogen) atoms. The third kappa shape index (κ3) is 6.31. The molecule has 14 nitrogen and oxygen atoms in total. The first-order chi connectivity index (χ1) is 26.8. The third-order valence-corrected chi connectivity index (χ3v) is 12.0. The van der Waals surface area contributed by atoms with E-state index in [1.165, 1.54) is 47.4 Å². The minimum Gasteiger partial charge on any atom is -0.478 e. The van der Waals surface area contributed by atoms with Gasteiger partial charge in [-0.15, -0.1) is 0 Å². The predicted molar refractivity (Wildman–Crippen MR) is 202 cm³/mol. The van der Waals surface area contributed by atoms with Crippen molar-refractivity contribution in [1.29, 1.82) is 0 Å². The van der Waals surface area contributed by atoms with Crippen LogP contribution in [0.4, 0.5) is 0 Å². The third-order valence-electron chi connectivity index (χ3n) is 12.0. The number of piperazine rings is 1. The lowest BCUT2D eigenvalue weighted by atomic mass is 9.72. The van der Waals surface area contributed by atoms with Crippen molar-refractivity contribution in [2.75, 3.05) is 20.1 Å². The summed E-state index contributed by atoms with van der Waals surface area (Å²) in [6, 6.07) is 20.4. The molecule has 4 fully saturated rings. The van der Waals surface area contributed by atoms with Gasteiger partial charge >= 0.3 is 11.9 Å². The Balaban J connectivity index is 0.000000290. The van der Waals surface area contributed by atoms with Gasteiger partial charge in [-0.05, 0) is 74.5 Å². The number of hydrogen-bond acceptors (Lipinski definition) is 9. The monoisotopic (exact) mass is 763 g/mol. The highest BCUT2D eigenvalue weighted by Gasteiger charge is 2.70. The SMILES string of the molecule is CC(=O)Oc1ccccc1C(=O)O.CN1C[C@H](C(=O)N[C@]2(C)O[C@@]3(O)[C@@H]4CCCN4C(=O)[C@H](Cc4ccccc4)N3C2=O)C[C@@H]2c3cccc4[nH]cc(c34)C[C@H]21. The number of hydrogen-bond donors (Lipinski definition) is 4. The fraction of sp³-hybridized carbons (Fsp3) is 0.405. The molecule has 5 aliphatic rings. The number of aromatic nitrogens is 1. The van der Waals surface area contributed by atoms with Crippen molar-refractivity contribution >= 4 is 40.6 Å². The Morgan fingerprint density at radius 3 is 2.54 bits per heavy atom. The molecule has 4 aliphatic heterocycles. The summed E-state index contributed by atoms with van der Waals surface area (Å²) < 4.78 is 10.9. The molecule has 0 saturated carbocycles. The molecule has 4 aromatic rings. The average molecular weight is 764 g/mol. The van der Waals surface area contributed by atoms with Gasteiger partial charge in [0.15, 0.2) is 0 Å². The number of benzene rings is 3. The van der Waals surface area contributed by atoms with Crippen LogP contribution in [0.3, 0.4) is 0 Å². The molecule has 0 spiro atoms. The number of nitrogens with zero attached hydrogens (tertiary/aromatic N) is 3. The van der Waals surface area contributed by atoms with Crippen LogP contribution in [0.5, 0.6) is 5.75 Å². The standard InChI is InChI=1S/C33H37N5O5.C9H8O4/c1-32(35-29(39)21-15-23-22-10-6-11-24-28(22)20(17-34-24)16-25(23)36(2)18-21)31(41)38-26(14-19-8-4-3-5-9-19)30(40)37-13-7-12-27(37)33(38,42)43-32;1-6(10)13-8-5-3-2-4-7(8)9(11)12/h3-6,8-11,17,21,23,25-27,34,42H,7,12-16,18H2,1-2H3,(H,35,39);2-5H,1H3,(H,11,12)/t21-,23-,25-,26+,27+,32-,33+;/m1./s1.